The summed E-state index contributed by atoms with van der Waals surface area (Å²) < 4.78 is 51.0. The summed E-state index contributed by atoms with van der Waals surface area (Å²) in [5, 5.41) is 0.257. The third-order valence-corrected chi connectivity index (χ3v) is 4.58. The molecule has 0 spiro atoms. The van der Waals surface area contributed by atoms with Gasteiger partial charge in [0.2, 0.25) is 6.10 Å². The fourth-order valence-electron chi connectivity index (χ4n) is 3.16. The Morgan fingerprint density at radius 1 is 1.31 bits per heavy atom. The van der Waals surface area contributed by atoms with Crippen molar-refractivity contribution in [3.05, 3.63) is 52.6 Å². The van der Waals surface area contributed by atoms with Crippen LogP contribution in [0.3, 0.4) is 0 Å². The van der Waals surface area contributed by atoms with Crippen molar-refractivity contribution in [3.8, 4) is 17.1 Å². The Hall–Kier alpha value is -3.00. The molecule has 1 aliphatic rings. The van der Waals surface area contributed by atoms with Crippen LogP contribution in [0.15, 0.2) is 42.0 Å². The minimum absolute atomic E-state index is 0.0621. The normalized spacial score (nSPS) is 16.2. The van der Waals surface area contributed by atoms with Crippen LogP contribution in [0.1, 0.15) is 12.5 Å². The summed E-state index contributed by atoms with van der Waals surface area (Å²) in [6.45, 7) is 1.45. The average Bonchev–Trinajstić information content (AvgIpc) is 3.09. The van der Waals surface area contributed by atoms with Crippen molar-refractivity contribution in [2.24, 2.45) is 0 Å². The molecule has 1 atom stereocenters. The number of benzene rings is 2. The zero-order valence-corrected chi connectivity index (χ0v) is 15.8. The molecule has 1 unspecified atom stereocenters. The molecule has 0 fully saturated rings. The van der Waals surface area contributed by atoms with E-state index in [9.17, 15) is 18.0 Å². The van der Waals surface area contributed by atoms with Crippen molar-refractivity contribution in [1.29, 1.82) is 0 Å². The van der Waals surface area contributed by atoms with Crippen LogP contribution < -0.4 is 4.74 Å². The Bertz CT molecular complexity index is 1100. The Morgan fingerprint density at radius 2 is 2.07 bits per heavy atom. The Balaban J connectivity index is 1.90. The Kier molecular flexibility index (Phi) is 4.74. The predicted octanol–water partition coefficient (Wildman–Crippen LogP) is 5.15. The highest BCUT2D eigenvalue weighted by atomic mass is 35.5. The van der Waals surface area contributed by atoms with Crippen molar-refractivity contribution in [2.45, 2.75) is 19.2 Å². The zero-order chi connectivity index (χ0) is 20.8. The molecule has 2 aromatic carbocycles. The number of aromatic amines is 1. The molecule has 0 aliphatic carbocycles. The molecule has 1 aliphatic heterocycles. The number of aromatic nitrogens is 2. The van der Waals surface area contributed by atoms with Crippen LogP contribution in [0.5, 0.6) is 5.75 Å². The molecule has 3 aromatic rings. The first-order valence-corrected chi connectivity index (χ1v) is 9.06. The van der Waals surface area contributed by atoms with Crippen molar-refractivity contribution >= 4 is 34.7 Å². The third kappa shape index (κ3) is 3.55. The van der Waals surface area contributed by atoms with Crippen LogP contribution in [-0.4, -0.2) is 34.8 Å². The minimum Gasteiger partial charge on any atom is -0.474 e. The van der Waals surface area contributed by atoms with Crippen LogP contribution >= 0.6 is 11.6 Å². The summed E-state index contributed by atoms with van der Waals surface area (Å²) in [5.41, 5.74) is 1.21. The van der Waals surface area contributed by atoms with E-state index in [0.29, 0.717) is 16.9 Å². The zero-order valence-electron chi connectivity index (χ0n) is 15.0. The van der Waals surface area contributed by atoms with Gasteiger partial charge in [0.25, 0.3) is 0 Å². The molecule has 29 heavy (non-hydrogen) atoms. The van der Waals surface area contributed by atoms with Gasteiger partial charge >= 0.3 is 12.1 Å². The summed E-state index contributed by atoms with van der Waals surface area (Å²) in [4.78, 5) is 19.6. The number of esters is 1. The maximum absolute atomic E-state index is 13.6. The van der Waals surface area contributed by atoms with Gasteiger partial charge in [-0.1, -0.05) is 23.7 Å². The third-order valence-electron chi connectivity index (χ3n) is 4.36. The lowest BCUT2D eigenvalue weighted by Crippen LogP contribution is -2.41. The first-order valence-electron chi connectivity index (χ1n) is 8.68. The molecular formula is C20H14ClF3N2O3. The average molecular weight is 423 g/mol. The van der Waals surface area contributed by atoms with Gasteiger partial charge in [-0.3, -0.25) is 0 Å². The second kappa shape index (κ2) is 7.11. The quantitative estimate of drug-likeness (QED) is 0.593. The monoisotopic (exact) mass is 422 g/mol. The highest BCUT2D eigenvalue weighted by Gasteiger charge is 2.49. The number of hydrogen-bond acceptors (Lipinski definition) is 4. The maximum atomic E-state index is 13.6. The van der Waals surface area contributed by atoms with Gasteiger partial charge in [0.15, 0.2) is 0 Å². The fourth-order valence-corrected chi connectivity index (χ4v) is 3.38. The van der Waals surface area contributed by atoms with E-state index >= 15 is 0 Å². The Labute approximate surface area is 168 Å². The largest absolute Gasteiger partial charge is 0.474 e. The summed E-state index contributed by atoms with van der Waals surface area (Å²) in [6.07, 6.45) is -6.17. The summed E-state index contributed by atoms with van der Waals surface area (Å²) in [7, 11) is 0. The van der Waals surface area contributed by atoms with Gasteiger partial charge in [0.1, 0.15) is 11.6 Å². The number of nitrogens with one attached hydrogen (secondary N) is 1. The topological polar surface area (TPSA) is 64.2 Å². The Morgan fingerprint density at radius 3 is 2.76 bits per heavy atom. The number of carbonyl (C=O) groups is 1. The second-order valence-corrected chi connectivity index (χ2v) is 6.77. The molecular weight excluding hydrogens is 409 g/mol. The van der Waals surface area contributed by atoms with Crippen molar-refractivity contribution in [3.63, 3.8) is 0 Å². The maximum Gasteiger partial charge on any atom is 0.430 e. The number of carbonyl (C=O) groups excluding carboxylic acids is 1. The molecule has 2 heterocycles. The fraction of sp³-hybridized carbons (Fsp3) is 0.200. The van der Waals surface area contributed by atoms with Gasteiger partial charge in [-0.15, -0.1) is 0 Å². The smallest absolute Gasteiger partial charge is 0.430 e. The van der Waals surface area contributed by atoms with Gasteiger partial charge in [0.05, 0.1) is 28.8 Å². The first-order chi connectivity index (χ1) is 13.8. The molecule has 9 heteroatoms. The van der Waals surface area contributed by atoms with Crippen LogP contribution in [-0.2, 0) is 9.53 Å². The van der Waals surface area contributed by atoms with Crippen LogP contribution in [0.4, 0.5) is 13.2 Å². The molecule has 1 N–H and O–H groups in total. The lowest BCUT2D eigenvalue weighted by Gasteiger charge is -2.29. The van der Waals surface area contributed by atoms with E-state index in [-0.39, 0.29) is 28.5 Å². The molecule has 0 bridgehead atoms. The molecule has 0 amide bonds. The van der Waals surface area contributed by atoms with Gasteiger partial charge in [-0.25, -0.2) is 9.78 Å². The highest BCUT2D eigenvalue weighted by Crippen LogP contribution is 2.44. The molecule has 0 saturated heterocycles. The molecule has 4 rings (SSSR count). The number of fused-ring (bicyclic) bond motifs is 2. The molecule has 150 valence electrons. The van der Waals surface area contributed by atoms with Gasteiger partial charge in [-0.2, -0.15) is 13.2 Å². The summed E-state index contributed by atoms with van der Waals surface area (Å²) in [6, 6.07) is 10.1. The number of imidazole rings is 1. The van der Waals surface area contributed by atoms with Crippen molar-refractivity contribution < 1.29 is 27.4 Å². The number of halogens is 4. The lowest BCUT2D eigenvalue weighted by molar-refractivity contribution is -0.187. The van der Waals surface area contributed by atoms with Crippen LogP contribution in [0, 0.1) is 0 Å². The summed E-state index contributed by atoms with van der Waals surface area (Å²) >= 11 is 6.18. The van der Waals surface area contributed by atoms with E-state index in [2.05, 4.69) is 9.97 Å². The number of H-pyrrole nitrogens is 1. The second-order valence-electron chi connectivity index (χ2n) is 6.33. The van der Waals surface area contributed by atoms with E-state index < -0.39 is 23.8 Å². The van der Waals surface area contributed by atoms with E-state index in [1.165, 1.54) is 19.1 Å². The SMILES string of the molecule is CCOC(=O)C1=Cc2cc(Cl)cc(-c3nc4ccccc4[nH]3)c2OC1C(F)(F)F. The minimum atomic E-state index is -4.82. The number of alkyl halides is 3. The number of ether oxygens (including phenoxy) is 2. The van der Waals surface area contributed by atoms with E-state index in [4.69, 9.17) is 21.1 Å². The van der Waals surface area contributed by atoms with E-state index in [1.807, 2.05) is 6.07 Å². The predicted molar refractivity (Wildman–Crippen MR) is 102 cm³/mol. The van der Waals surface area contributed by atoms with Crippen LogP contribution in [0.25, 0.3) is 28.5 Å². The number of rotatable bonds is 3. The lowest BCUT2D eigenvalue weighted by atomic mass is 9.98. The highest BCUT2D eigenvalue weighted by molar-refractivity contribution is 6.31. The molecule has 0 saturated carbocycles. The number of para-hydroxylation sites is 2. The van der Waals surface area contributed by atoms with Crippen molar-refractivity contribution in [2.75, 3.05) is 6.61 Å². The van der Waals surface area contributed by atoms with Gasteiger partial charge in [0, 0.05) is 10.6 Å². The van der Waals surface area contributed by atoms with Gasteiger partial charge < -0.3 is 14.5 Å². The number of nitrogens with zero attached hydrogens (tertiary/aromatic N) is 1. The molecule has 5 nitrogen and oxygen atoms in total. The summed E-state index contributed by atoms with van der Waals surface area (Å²) in [5.74, 6) is -0.853. The number of hydrogen-bond donors (Lipinski definition) is 1. The van der Waals surface area contributed by atoms with Gasteiger partial charge in [-0.05, 0) is 37.3 Å². The van der Waals surface area contributed by atoms with E-state index in [0.717, 1.165) is 6.08 Å². The molecule has 0 radical (unpaired) electrons. The molecule has 1 aromatic heterocycles. The first kappa shape index (κ1) is 19.3. The standard InChI is InChI=1S/C20H14ClF3N2O3/c1-2-28-19(27)13-8-10-7-11(21)9-12(16(10)29-17(13)20(22,23)24)18-25-14-5-3-4-6-15(14)26-18/h3-9,17H,2H2,1H3,(H,25,26). The van der Waals surface area contributed by atoms with Crippen molar-refractivity contribution in [1.82, 2.24) is 9.97 Å². The van der Waals surface area contributed by atoms with Crippen LogP contribution in [0.2, 0.25) is 5.02 Å². The van der Waals surface area contributed by atoms with E-state index in [1.54, 1.807) is 18.2 Å².